The van der Waals surface area contributed by atoms with Crippen LogP contribution in [0.3, 0.4) is 0 Å². The van der Waals surface area contributed by atoms with Crippen molar-refractivity contribution < 1.29 is 19.0 Å². The monoisotopic (exact) mass is 328 g/mol. The molecule has 124 valence electrons. The normalized spacial score (nSPS) is 11.8. The van der Waals surface area contributed by atoms with Gasteiger partial charge in [-0.2, -0.15) is 0 Å². The van der Waals surface area contributed by atoms with Crippen LogP contribution in [0.15, 0.2) is 18.2 Å². The number of hydrogen-bond acceptors (Lipinski definition) is 4. The lowest BCUT2D eigenvalue weighted by Crippen LogP contribution is -2.19. The highest BCUT2D eigenvalue weighted by atomic mass is 35.5. The molecule has 4 nitrogen and oxygen atoms in total. The zero-order valence-electron chi connectivity index (χ0n) is 13.6. The van der Waals surface area contributed by atoms with Crippen molar-refractivity contribution in [3.8, 4) is 11.5 Å². The van der Waals surface area contributed by atoms with E-state index in [1.807, 2.05) is 0 Å². The van der Waals surface area contributed by atoms with Crippen LogP contribution < -0.4 is 9.47 Å². The van der Waals surface area contributed by atoms with Crippen molar-refractivity contribution in [3.63, 3.8) is 0 Å². The van der Waals surface area contributed by atoms with Crippen molar-refractivity contribution in [3.05, 3.63) is 23.2 Å². The zero-order valence-corrected chi connectivity index (χ0v) is 14.3. The second-order valence-electron chi connectivity index (χ2n) is 5.18. The Morgan fingerprint density at radius 1 is 1.27 bits per heavy atom. The third-order valence-corrected chi connectivity index (χ3v) is 3.73. The number of benzene rings is 1. The molecule has 0 N–H and O–H groups in total. The molecule has 0 aromatic heterocycles. The number of methoxy groups -OCH3 is 1. The molecule has 1 atom stereocenters. The fourth-order valence-corrected chi connectivity index (χ4v) is 2.21. The van der Waals surface area contributed by atoms with Crippen LogP contribution in [0.5, 0.6) is 11.5 Å². The standard InChI is InChI=1S/C17H25ClO4/c1-4-6-7-13(5-2)11-22-17(19)12-21-15-9-8-14(18)10-16(15)20-3/h8-10,13H,4-7,11-12H2,1-3H3. The van der Waals surface area contributed by atoms with E-state index in [1.54, 1.807) is 18.2 Å². The van der Waals surface area contributed by atoms with Gasteiger partial charge in [-0.15, -0.1) is 0 Å². The Morgan fingerprint density at radius 3 is 2.68 bits per heavy atom. The van der Waals surface area contributed by atoms with Crippen LogP contribution >= 0.6 is 11.6 Å². The summed E-state index contributed by atoms with van der Waals surface area (Å²) in [6.07, 6.45) is 4.42. The third kappa shape index (κ3) is 6.56. The highest BCUT2D eigenvalue weighted by Gasteiger charge is 2.12. The maximum Gasteiger partial charge on any atom is 0.344 e. The van der Waals surface area contributed by atoms with Crippen molar-refractivity contribution in [2.45, 2.75) is 39.5 Å². The summed E-state index contributed by atoms with van der Waals surface area (Å²) in [4.78, 5) is 11.8. The number of halogens is 1. The summed E-state index contributed by atoms with van der Waals surface area (Å²) in [5, 5.41) is 0.550. The van der Waals surface area contributed by atoms with Gasteiger partial charge in [0.1, 0.15) is 0 Å². The highest BCUT2D eigenvalue weighted by Crippen LogP contribution is 2.29. The number of carbonyl (C=O) groups is 1. The smallest absolute Gasteiger partial charge is 0.344 e. The molecule has 0 amide bonds. The molecule has 0 radical (unpaired) electrons. The van der Waals surface area contributed by atoms with E-state index < -0.39 is 0 Å². The van der Waals surface area contributed by atoms with Crippen LogP contribution in [0, 0.1) is 5.92 Å². The van der Waals surface area contributed by atoms with Crippen molar-refractivity contribution in [1.82, 2.24) is 0 Å². The maximum atomic E-state index is 11.8. The number of esters is 1. The Hall–Kier alpha value is -1.42. The number of rotatable bonds is 10. The van der Waals surface area contributed by atoms with Gasteiger partial charge in [0.15, 0.2) is 18.1 Å². The van der Waals surface area contributed by atoms with Gasteiger partial charge in [-0.3, -0.25) is 0 Å². The maximum absolute atomic E-state index is 11.8. The summed E-state index contributed by atoms with van der Waals surface area (Å²) < 4.78 is 15.9. The summed E-state index contributed by atoms with van der Waals surface area (Å²) in [5.41, 5.74) is 0. The summed E-state index contributed by atoms with van der Waals surface area (Å²) in [5.74, 6) is 1.03. The average molecular weight is 329 g/mol. The Kier molecular flexibility index (Phi) is 8.75. The van der Waals surface area contributed by atoms with Gasteiger partial charge in [-0.25, -0.2) is 4.79 Å². The molecule has 0 saturated heterocycles. The molecule has 0 fully saturated rings. The molecule has 0 aliphatic heterocycles. The second kappa shape index (κ2) is 10.3. The molecule has 0 spiro atoms. The molecule has 1 aromatic rings. The first-order valence-electron chi connectivity index (χ1n) is 7.72. The number of carbonyl (C=O) groups excluding carboxylic acids is 1. The quantitative estimate of drug-likeness (QED) is 0.594. The minimum absolute atomic E-state index is 0.137. The van der Waals surface area contributed by atoms with E-state index in [2.05, 4.69) is 13.8 Å². The van der Waals surface area contributed by atoms with Gasteiger partial charge in [-0.05, 0) is 24.5 Å². The molecule has 5 heteroatoms. The van der Waals surface area contributed by atoms with Gasteiger partial charge in [0.2, 0.25) is 0 Å². The molecule has 1 aromatic carbocycles. The van der Waals surface area contributed by atoms with E-state index in [0.29, 0.717) is 29.0 Å². The van der Waals surface area contributed by atoms with Crippen molar-refractivity contribution in [2.75, 3.05) is 20.3 Å². The summed E-state index contributed by atoms with van der Waals surface area (Å²) in [7, 11) is 1.52. The lowest BCUT2D eigenvalue weighted by atomic mass is 10.0. The molecule has 0 saturated carbocycles. The third-order valence-electron chi connectivity index (χ3n) is 3.49. The molecule has 1 rings (SSSR count). The van der Waals surface area contributed by atoms with Gasteiger partial charge >= 0.3 is 5.97 Å². The van der Waals surface area contributed by atoms with Crippen LogP contribution in [0.25, 0.3) is 0 Å². The first-order valence-corrected chi connectivity index (χ1v) is 8.10. The minimum atomic E-state index is -0.369. The second-order valence-corrected chi connectivity index (χ2v) is 5.62. The Labute approximate surface area is 137 Å². The van der Waals surface area contributed by atoms with Gasteiger partial charge < -0.3 is 14.2 Å². The summed E-state index contributed by atoms with van der Waals surface area (Å²) in [6, 6.07) is 4.99. The van der Waals surface area contributed by atoms with E-state index in [-0.39, 0.29) is 12.6 Å². The topological polar surface area (TPSA) is 44.8 Å². The van der Waals surface area contributed by atoms with Crippen molar-refractivity contribution in [1.29, 1.82) is 0 Å². The Morgan fingerprint density at radius 2 is 2.05 bits per heavy atom. The lowest BCUT2D eigenvalue weighted by Gasteiger charge is -2.15. The first-order chi connectivity index (χ1) is 10.6. The van der Waals surface area contributed by atoms with E-state index in [1.165, 1.54) is 7.11 Å². The van der Waals surface area contributed by atoms with Crippen LogP contribution in [0.4, 0.5) is 0 Å². The molecule has 22 heavy (non-hydrogen) atoms. The SMILES string of the molecule is CCCCC(CC)COC(=O)COc1ccc(Cl)cc1OC. The van der Waals surface area contributed by atoms with Crippen molar-refractivity contribution in [2.24, 2.45) is 5.92 Å². The first kappa shape index (κ1) is 18.6. The molecule has 1 unspecified atom stereocenters. The zero-order chi connectivity index (χ0) is 16.4. The number of unbranched alkanes of at least 4 members (excludes halogenated alkanes) is 1. The van der Waals surface area contributed by atoms with E-state index in [0.717, 1.165) is 25.7 Å². The molecule has 0 heterocycles. The van der Waals surface area contributed by atoms with Gasteiger partial charge in [-0.1, -0.05) is 44.7 Å². The predicted molar refractivity (Wildman–Crippen MR) is 87.8 cm³/mol. The van der Waals surface area contributed by atoms with E-state index in [4.69, 9.17) is 25.8 Å². The average Bonchev–Trinajstić information content (AvgIpc) is 2.53. The van der Waals surface area contributed by atoms with Crippen molar-refractivity contribution >= 4 is 17.6 Å². The fourth-order valence-electron chi connectivity index (χ4n) is 2.05. The van der Waals surface area contributed by atoms with Gasteiger partial charge in [0.25, 0.3) is 0 Å². The van der Waals surface area contributed by atoms with Crippen LogP contribution in [-0.2, 0) is 9.53 Å². The largest absolute Gasteiger partial charge is 0.493 e. The highest BCUT2D eigenvalue weighted by molar-refractivity contribution is 6.30. The number of hydrogen-bond donors (Lipinski definition) is 0. The van der Waals surface area contributed by atoms with Gasteiger partial charge in [0.05, 0.1) is 13.7 Å². The lowest BCUT2D eigenvalue weighted by molar-refractivity contribution is -0.147. The Bertz CT molecular complexity index is 462. The van der Waals surface area contributed by atoms with E-state index >= 15 is 0 Å². The Balaban J connectivity index is 2.39. The molecular weight excluding hydrogens is 304 g/mol. The molecule has 0 aliphatic rings. The summed E-state index contributed by atoms with van der Waals surface area (Å²) in [6.45, 7) is 4.59. The molecular formula is C17H25ClO4. The van der Waals surface area contributed by atoms with E-state index in [9.17, 15) is 4.79 Å². The fraction of sp³-hybridized carbons (Fsp3) is 0.588. The van der Waals surface area contributed by atoms with Crippen LogP contribution in [0.1, 0.15) is 39.5 Å². The predicted octanol–water partition coefficient (Wildman–Crippen LogP) is 4.49. The van der Waals surface area contributed by atoms with Crippen LogP contribution in [0.2, 0.25) is 5.02 Å². The molecule has 0 bridgehead atoms. The van der Waals surface area contributed by atoms with Crippen LogP contribution in [-0.4, -0.2) is 26.3 Å². The van der Waals surface area contributed by atoms with Gasteiger partial charge in [0, 0.05) is 11.1 Å². The summed E-state index contributed by atoms with van der Waals surface area (Å²) >= 11 is 5.87. The minimum Gasteiger partial charge on any atom is -0.493 e. The molecule has 0 aliphatic carbocycles. The number of ether oxygens (including phenoxy) is 3.